The molecule has 106 valence electrons. The van der Waals surface area contributed by atoms with Crippen LogP contribution in [0.2, 0.25) is 0 Å². The third-order valence-corrected chi connectivity index (χ3v) is 3.07. The van der Waals surface area contributed by atoms with Crippen molar-refractivity contribution in [2.45, 2.75) is 20.1 Å². The summed E-state index contributed by atoms with van der Waals surface area (Å²) in [4.78, 5) is 12.6. The number of aliphatic hydroxyl groups excluding tert-OH is 1. The van der Waals surface area contributed by atoms with Gasteiger partial charge in [0.25, 0.3) is 5.69 Å². The molecule has 0 atom stereocenters. The van der Waals surface area contributed by atoms with E-state index in [2.05, 4.69) is 0 Å². The van der Waals surface area contributed by atoms with Crippen molar-refractivity contribution >= 4 is 11.4 Å². The molecule has 0 saturated heterocycles. The molecule has 0 fully saturated rings. The molecule has 0 aliphatic rings. The summed E-state index contributed by atoms with van der Waals surface area (Å²) in [6.45, 7) is 2.78. The first-order valence-electron chi connectivity index (χ1n) is 6.31. The zero-order valence-electron chi connectivity index (χ0n) is 11.2. The van der Waals surface area contributed by atoms with Gasteiger partial charge in [-0.05, 0) is 30.7 Å². The summed E-state index contributed by atoms with van der Waals surface area (Å²) >= 11 is 0. The molecule has 2 rings (SSSR count). The number of furan rings is 1. The van der Waals surface area contributed by atoms with E-state index < -0.39 is 4.92 Å². The fraction of sp³-hybridized carbons (Fsp3) is 0.286. The Labute approximate surface area is 116 Å². The summed E-state index contributed by atoms with van der Waals surface area (Å²) in [5, 5.41) is 20.3. The van der Waals surface area contributed by atoms with Crippen molar-refractivity contribution in [3.63, 3.8) is 0 Å². The molecule has 0 unspecified atom stereocenters. The molecule has 1 aromatic heterocycles. The Kier molecular flexibility index (Phi) is 4.37. The number of hydrogen-bond donors (Lipinski definition) is 1. The number of hydrogen-bond acceptors (Lipinski definition) is 5. The van der Waals surface area contributed by atoms with E-state index in [1.54, 1.807) is 24.5 Å². The number of anilines is 1. The van der Waals surface area contributed by atoms with Gasteiger partial charge in [-0.2, -0.15) is 0 Å². The molecule has 1 heterocycles. The molecule has 0 aliphatic carbocycles. The summed E-state index contributed by atoms with van der Waals surface area (Å²) in [6.07, 6.45) is 1.58. The van der Waals surface area contributed by atoms with Gasteiger partial charge in [0.15, 0.2) is 0 Å². The molecule has 0 saturated carbocycles. The number of nitro groups is 1. The highest BCUT2D eigenvalue weighted by Crippen LogP contribution is 2.30. The van der Waals surface area contributed by atoms with Crippen LogP contribution in [0, 0.1) is 10.1 Å². The van der Waals surface area contributed by atoms with Crippen molar-refractivity contribution < 1.29 is 14.4 Å². The van der Waals surface area contributed by atoms with Gasteiger partial charge in [-0.15, -0.1) is 0 Å². The quantitative estimate of drug-likeness (QED) is 0.648. The Hall–Kier alpha value is -2.34. The maximum Gasteiger partial charge on any atom is 0.292 e. The minimum atomic E-state index is -0.431. The van der Waals surface area contributed by atoms with Gasteiger partial charge in [0.1, 0.15) is 11.4 Å². The average molecular weight is 276 g/mol. The molecule has 0 radical (unpaired) electrons. The fourth-order valence-corrected chi connectivity index (χ4v) is 2.04. The minimum absolute atomic E-state index is 0.00930. The zero-order chi connectivity index (χ0) is 14.5. The summed E-state index contributed by atoms with van der Waals surface area (Å²) in [6, 6.07) is 8.37. The second-order valence-corrected chi connectivity index (χ2v) is 4.33. The van der Waals surface area contributed by atoms with Gasteiger partial charge in [0.05, 0.1) is 24.3 Å². The van der Waals surface area contributed by atoms with Crippen LogP contribution in [0.4, 0.5) is 11.4 Å². The van der Waals surface area contributed by atoms with Crippen LogP contribution in [0.5, 0.6) is 0 Å². The van der Waals surface area contributed by atoms with E-state index in [9.17, 15) is 10.1 Å². The topological polar surface area (TPSA) is 79.8 Å². The molecular formula is C14H16N2O4. The number of aliphatic hydroxyl groups is 1. The van der Waals surface area contributed by atoms with E-state index in [0.29, 0.717) is 24.3 Å². The molecule has 0 bridgehead atoms. The van der Waals surface area contributed by atoms with Gasteiger partial charge >= 0.3 is 0 Å². The summed E-state index contributed by atoms with van der Waals surface area (Å²) in [7, 11) is 0. The van der Waals surface area contributed by atoms with Gasteiger partial charge in [-0.25, -0.2) is 0 Å². The van der Waals surface area contributed by atoms with Crippen molar-refractivity contribution in [1.29, 1.82) is 0 Å². The summed E-state index contributed by atoms with van der Waals surface area (Å²) in [5.74, 6) is 0.743. The van der Waals surface area contributed by atoms with E-state index in [1.807, 2.05) is 17.9 Å². The van der Waals surface area contributed by atoms with Gasteiger partial charge < -0.3 is 14.4 Å². The van der Waals surface area contributed by atoms with E-state index in [1.165, 1.54) is 6.07 Å². The lowest BCUT2D eigenvalue weighted by Gasteiger charge is -2.21. The van der Waals surface area contributed by atoms with Crippen molar-refractivity contribution in [2.75, 3.05) is 11.4 Å². The number of rotatable bonds is 6. The maximum atomic E-state index is 11.2. The second-order valence-electron chi connectivity index (χ2n) is 4.33. The second kappa shape index (κ2) is 6.21. The lowest BCUT2D eigenvalue weighted by atomic mass is 10.1. The Bertz CT molecular complexity index is 581. The standard InChI is InChI=1S/C14H16N2O4/c1-2-15(9-12-4-3-7-20-12)13-6-5-11(10-17)8-14(13)16(18)19/h3-8,17H,2,9-10H2,1H3. The van der Waals surface area contributed by atoms with Gasteiger partial charge in [-0.3, -0.25) is 10.1 Å². The number of nitrogens with zero attached hydrogens (tertiary/aromatic N) is 2. The Morgan fingerprint density at radius 3 is 2.75 bits per heavy atom. The van der Waals surface area contributed by atoms with Gasteiger partial charge in [-0.1, -0.05) is 6.07 Å². The highest BCUT2D eigenvalue weighted by molar-refractivity contribution is 5.64. The number of nitro benzene ring substituents is 1. The first-order chi connectivity index (χ1) is 9.65. The predicted octanol–water partition coefficient (Wildman–Crippen LogP) is 2.71. The first-order valence-corrected chi connectivity index (χ1v) is 6.31. The summed E-state index contributed by atoms with van der Waals surface area (Å²) < 4.78 is 5.28. The molecule has 20 heavy (non-hydrogen) atoms. The monoisotopic (exact) mass is 276 g/mol. The van der Waals surface area contributed by atoms with E-state index in [-0.39, 0.29) is 12.3 Å². The van der Waals surface area contributed by atoms with Crippen LogP contribution in [0.25, 0.3) is 0 Å². The Morgan fingerprint density at radius 2 is 2.20 bits per heavy atom. The fourth-order valence-electron chi connectivity index (χ4n) is 2.04. The van der Waals surface area contributed by atoms with Crippen molar-refractivity contribution in [3.05, 3.63) is 58.0 Å². The third kappa shape index (κ3) is 2.97. The van der Waals surface area contributed by atoms with Crippen LogP contribution in [-0.4, -0.2) is 16.6 Å². The molecule has 0 spiro atoms. The molecule has 1 aromatic carbocycles. The number of benzene rings is 1. The lowest BCUT2D eigenvalue weighted by Crippen LogP contribution is -2.22. The molecule has 6 heteroatoms. The van der Waals surface area contributed by atoms with Crippen molar-refractivity contribution in [3.8, 4) is 0 Å². The van der Waals surface area contributed by atoms with Gasteiger partial charge in [0.2, 0.25) is 0 Å². The Morgan fingerprint density at radius 1 is 1.40 bits per heavy atom. The highest BCUT2D eigenvalue weighted by atomic mass is 16.6. The predicted molar refractivity (Wildman–Crippen MR) is 74.5 cm³/mol. The van der Waals surface area contributed by atoms with Crippen LogP contribution >= 0.6 is 0 Å². The molecule has 0 amide bonds. The van der Waals surface area contributed by atoms with Crippen LogP contribution in [-0.2, 0) is 13.2 Å². The van der Waals surface area contributed by atoms with E-state index >= 15 is 0 Å². The molecular weight excluding hydrogens is 260 g/mol. The molecule has 2 aromatic rings. The Balaban J connectivity index is 2.35. The van der Waals surface area contributed by atoms with Crippen molar-refractivity contribution in [2.24, 2.45) is 0 Å². The van der Waals surface area contributed by atoms with E-state index in [4.69, 9.17) is 9.52 Å². The smallest absolute Gasteiger partial charge is 0.292 e. The molecule has 1 N–H and O–H groups in total. The summed E-state index contributed by atoms with van der Waals surface area (Å²) in [5.41, 5.74) is 1.03. The third-order valence-electron chi connectivity index (χ3n) is 3.07. The first kappa shape index (κ1) is 14.1. The minimum Gasteiger partial charge on any atom is -0.467 e. The van der Waals surface area contributed by atoms with Crippen LogP contribution < -0.4 is 4.90 Å². The van der Waals surface area contributed by atoms with Gasteiger partial charge in [0, 0.05) is 12.6 Å². The van der Waals surface area contributed by atoms with Crippen LogP contribution in [0.15, 0.2) is 41.0 Å². The van der Waals surface area contributed by atoms with Crippen LogP contribution in [0.3, 0.4) is 0 Å². The van der Waals surface area contributed by atoms with Crippen molar-refractivity contribution in [1.82, 2.24) is 0 Å². The maximum absolute atomic E-state index is 11.2. The lowest BCUT2D eigenvalue weighted by molar-refractivity contribution is -0.384. The normalized spacial score (nSPS) is 10.5. The SMILES string of the molecule is CCN(Cc1ccco1)c1ccc(CO)cc1[N+](=O)[O-]. The molecule has 0 aliphatic heterocycles. The highest BCUT2D eigenvalue weighted by Gasteiger charge is 2.20. The van der Waals surface area contributed by atoms with E-state index in [0.717, 1.165) is 5.76 Å². The molecule has 6 nitrogen and oxygen atoms in total. The van der Waals surface area contributed by atoms with Crippen LogP contribution in [0.1, 0.15) is 18.2 Å². The average Bonchev–Trinajstić information content (AvgIpc) is 2.97. The largest absolute Gasteiger partial charge is 0.467 e. The zero-order valence-corrected chi connectivity index (χ0v) is 11.2.